The summed E-state index contributed by atoms with van der Waals surface area (Å²) < 4.78 is 11.3. The summed E-state index contributed by atoms with van der Waals surface area (Å²) in [5, 5.41) is 20.1. The Bertz CT molecular complexity index is 1100. The number of unbranched alkanes of at least 4 members (excludes halogenated alkanes) is 24. The van der Waals surface area contributed by atoms with Gasteiger partial charge in [0.05, 0.1) is 6.10 Å². The van der Waals surface area contributed by atoms with Crippen molar-refractivity contribution in [3.8, 4) is 0 Å². The third kappa shape index (κ3) is 39.0. The lowest BCUT2D eigenvalue weighted by molar-refractivity contribution is -0.394. The number of methoxy groups -OCH3 is 1. The van der Waals surface area contributed by atoms with Crippen LogP contribution in [-0.4, -0.2) is 82.8 Å². The lowest BCUT2D eigenvalue weighted by atomic mass is 10.0. The van der Waals surface area contributed by atoms with Gasteiger partial charge in [0, 0.05) is 26.5 Å². The molecule has 1 aromatic rings. The SMILES string of the molecule is CCCCCCCCC(CC)OC.CCCCCCCCC(CCCCCCCC)OC(=O)CCCCCCCN(CCCCCCCC=O)CCCNc1n[nH]c([N+](=O)[O-])n1. The largest absolute Gasteiger partial charge is 0.462 e. The zero-order chi connectivity index (χ0) is 45.6. The average molecular weight is 879 g/mol. The van der Waals surface area contributed by atoms with E-state index in [1.807, 2.05) is 7.11 Å². The van der Waals surface area contributed by atoms with E-state index in [4.69, 9.17) is 9.47 Å². The number of hydrogen-bond acceptors (Lipinski definition) is 10. The van der Waals surface area contributed by atoms with Gasteiger partial charge in [-0.15, -0.1) is 5.10 Å². The number of carbonyl (C=O) groups is 2. The Hall–Kier alpha value is -2.60. The van der Waals surface area contributed by atoms with Crippen molar-refractivity contribution in [2.75, 3.05) is 38.6 Å². The Morgan fingerprint density at radius 1 is 0.661 bits per heavy atom. The Morgan fingerprint density at radius 3 is 1.58 bits per heavy atom. The van der Waals surface area contributed by atoms with Gasteiger partial charge in [-0.2, -0.15) is 0 Å². The zero-order valence-corrected chi connectivity index (χ0v) is 41.0. The molecule has 1 unspecified atom stereocenters. The minimum absolute atomic E-state index is 0.00689. The molecule has 62 heavy (non-hydrogen) atoms. The summed E-state index contributed by atoms with van der Waals surface area (Å²) in [6.07, 6.45) is 42.6. The number of nitrogens with zero attached hydrogens (tertiary/aromatic N) is 4. The van der Waals surface area contributed by atoms with Crippen LogP contribution in [0.2, 0.25) is 0 Å². The van der Waals surface area contributed by atoms with Crippen LogP contribution in [0.5, 0.6) is 0 Å². The van der Waals surface area contributed by atoms with E-state index in [1.54, 1.807) is 0 Å². The second-order valence-corrected chi connectivity index (χ2v) is 17.6. The molecule has 12 heteroatoms. The van der Waals surface area contributed by atoms with Gasteiger partial charge in [-0.1, -0.05) is 174 Å². The first-order valence-corrected chi connectivity index (χ1v) is 26.0. The molecule has 0 aliphatic carbocycles. The van der Waals surface area contributed by atoms with Crippen molar-refractivity contribution in [2.24, 2.45) is 0 Å². The quantitative estimate of drug-likeness (QED) is 0.0213. The number of nitro groups is 1. The zero-order valence-electron chi connectivity index (χ0n) is 41.0. The number of aromatic amines is 1. The molecule has 0 radical (unpaired) electrons. The van der Waals surface area contributed by atoms with E-state index < -0.39 is 4.92 Å². The van der Waals surface area contributed by atoms with Gasteiger partial charge in [-0.25, -0.2) is 0 Å². The highest BCUT2D eigenvalue weighted by Gasteiger charge is 2.15. The first-order valence-electron chi connectivity index (χ1n) is 26.0. The number of ether oxygens (including phenoxy) is 2. The maximum absolute atomic E-state index is 12.7. The molecule has 0 saturated heterocycles. The average Bonchev–Trinajstić information content (AvgIpc) is 3.76. The van der Waals surface area contributed by atoms with Crippen LogP contribution in [0.25, 0.3) is 0 Å². The van der Waals surface area contributed by atoms with Crippen molar-refractivity contribution in [2.45, 2.75) is 265 Å². The summed E-state index contributed by atoms with van der Waals surface area (Å²) in [5.41, 5.74) is 0. The molecule has 364 valence electrons. The van der Waals surface area contributed by atoms with Crippen LogP contribution in [0, 0.1) is 10.1 Å². The monoisotopic (exact) mass is 879 g/mol. The summed E-state index contributed by atoms with van der Waals surface area (Å²) in [5.74, 6) is -0.110. The number of aldehydes is 1. The van der Waals surface area contributed by atoms with Crippen molar-refractivity contribution >= 4 is 24.2 Å². The molecule has 1 atom stereocenters. The van der Waals surface area contributed by atoms with Crippen LogP contribution in [-0.2, 0) is 19.1 Å². The highest BCUT2D eigenvalue weighted by atomic mass is 16.6. The number of rotatable bonds is 46. The first-order chi connectivity index (χ1) is 30.3. The molecular weight excluding hydrogens is 781 g/mol. The van der Waals surface area contributed by atoms with Gasteiger partial charge >= 0.3 is 17.9 Å². The Labute approximate surface area is 380 Å². The number of anilines is 1. The molecule has 1 heterocycles. The topological polar surface area (TPSA) is 153 Å². The smallest absolute Gasteiger partial charge is 0.455 e. The molecule has 0 bridgehead atoms. The molecule has 0 spiro atoms. The first kappa shape index (κ1) is 59.4. The Kier molecular flexibility index (Phi) is 44.4. The van der Waals surface area contributed by atoms with E-state index in [0.717, 1.165) is 109 Å². The standard InChI is InChI=1S/C38H72N6O5.C12H26O/c1-3-5-7-9-14-20-27-35(28-21-15-10-8-6-4-2)49-36(46)29-22-16-13-18-24-32-43(31-23-17-11-12-19-25-34-45)33-26-30-39-37-40-38(42-41-37)44(47)48;1-4-6-7-8-9-10-11-12(5-2)13-3/h34-35H,3-33H2,1-2H3,(H2,39,40,41,42);12H,4-11H2,1-3H3. The van der Waals surface area contributed by atoms with Gasteiger partial charge < -0.3 is 34.6 Å². The molecule has 0 saturated carbocycles. The molecule has 12 nitrogen and oxygen atoms in total. The minimum Gasteiger partial charge on any atom is -0.462 e. The molecule has 0 amide bonds. The van der Waals surface area contributed by atoms with Crippen LogP contribution in [0.1, 0.15) is 252 Å². The van der Waals surface area contributed by atoms with Crippen LogP contribution < -0.4 is 5.32 Å². The molecule has 2 N–H and O–H groups in total. The van der Waals surface area contributed by atoms with Crippen molar-refractivity contribution in [1.29, 1.82) is 0 Å². The predicted molar refractivity (Wildman–Crippen MR) is 259 cm³/mol. The molecular formula is C50H98N6O6. The fraction of sp³-hybridized carbons (Fsp3) is 0.920. The van der Waals surface area contributed by atoms with E-state index in [1.165, 1.54) is 128 Å². The van der Waals surface area contributed by atoms with Crippen LogP contribution in [0.3, 0.4) is 0 Å². The van der Waals surface area contributed by atoms with Gasteiger partial charge in [-0.3, -0.25) is 4.79 Å². The second-order valence-electron chi connectivity index (χ2n) is 17.6. The lowest BCUT2D eigenvalue weighted by Crippen LogP contribution is -2.28. The number of carbonyl (C=O) groups excluding carboxylic acids is 2. The van der Waals surface area contributed by atoms with Gasteiger partial charge in [0.15, 0.2) is 0 Å². The van der Waals surface area contributed by atoms with Crippen molar-refractivity contribution in [3.05, 3.63) is 10.1 Å². The normalized spacial score (nSPS) is 11.8. The van der Waals surface area contributed by atoms with Gasteiger partial charge in [-0.05, 0) is 100 Å². The Balaban J connectivity index is 0.00000245. The molecule has 0 aliphatic heterocycles. The highest BCUT2D eigenvalue weighted by Crippen LogP contribution is 2.19. The van der Waals surface area contributed by atoms with Gasteiger partial charge in [0.1, 0.15) is 12.4 Å². The van der Waals surface area contributed by atoms with Crippen LogP contribution in [0.4, 0.5) is 11.9 Å². The molecule has 0 aromatic carbocycles. The number of nitrogens with one attached hydrogen (secondary N) is 2. The lowest BCUT2D eigenvalue weighted by Gasteiger charge is -2.22. The third-order valence-electron chi connectivity index (χ3n) is 12.0. The Morgan fingerprint density at radius 2 is 1.11 bits per heavy atom. The number of esters is 1. The van der Waals surface area contributed by atoms with Crippen LogP contribution in [0.15, 0.2) is 0 Å². The summed E-state index contributed by atoms with van der Waals surface area (Å²) in [4.78, 5) is 39.8. The van der Waals surface area contributed by atoms with E-state index >= 15 is 0 Å². The predicted octanol–water partition coefficient (Wildman–Crippen LogP) is 14.3. The van der Waals surface area contributed by atoms with Gasteiger partial charge in [0.2, 0.25) is 0 Å². The van der Waals surface area contributed by atoms with E-state index in [0.29, 0.717) is 25.5 Å². The highest BCUT2D eigenvalue weighted by molar-refractivity contribution is 5.69. The summed E-state index contributed by atoms with van der Waals surface area (Å²) in [7, 11) is 1.82. The molecule has 0 fully saturated rings. The fourth-order valence-corrected chi connectivity index (χ4v) is 7.93. The second kappa shape index (κ2) is 46.4. The maximum Gasteiger partial charge on any atom is 0.455 e. The molecule has 1 aromatic heterocycles. The summed E-state index contributed by atoms with van der Waals surface area (Å²) >= 11 is 0. The van der Waals surface area contributed by atoms with Crippen molar-refractivity contribution in [1.82, 2.24) is 20.1 Å². The minimum atomic E-state index is -0.587. The summed E-state index contributed by atoms with van der Waals surface area (Å²) in [6.45, 7) is 12.6. The molecule has 0 aliphatic rings. The van der Waals surface area contributed by atoms with Crippen LogP contribution >= 0.6 is 0 Å². The van der Waals surface area contributed by atoms with E-state index in [9.17, 15) is 19.7 Å². The summed E-state index contributed by atoms with van der Waals surface area (Å²) in [6, 6.07) is 0. The number of aromatic nitrogens is 3. The van der Waals surface area contributed by atoms with Gasteiger partial charge in [0.25, 0.3) is 0 Å². The number of H-pyrrole nitrogens is 1. The maximum atomic E-state index is 12.7. The number of hydrogen-bond donors (Lipinski definition) is 2. The van der Waals surface area contributed by atoms with E-state index in [-0.39, 0.29) is 24.0 Å². The van der Waals surface area contributed by atoms with E-state index in [2.05, 4.69) is 53.1 Å². The fourth-order valence-electron chi connectivity index (χ4n) is 7.93. The third-order valence-corrected chi connectivity index (χ3v) is 12.0. The van der Waals surface area contributed by atoms with Crippen molar-refractivity contribution in [3.63, 3.8) is 0 Å². The molecule has 1 rings (SSSR count). The van der Waals surface area contributed by atoms with Crippen molar-refractivity contribution < 1.29 is 24.0 Å².